The molecule has 1 unspecified atom stereocenters. The first-order valence-corrected chi connectivity index (χ1v) is 8.51. The Kier molecular flexibility index (Phi) is 6.63. The number of ether oxygens (including phenoxy) is 4. The highest BCUT2D eigenvalue weighted by molar-refractivity contribution is 9.10. The largest absolute Gasteiger partial charge is 0.493 e. The van der Waals surface area contributed by atoms with E-state index in [-0.39, 0.29) is 11.3 Å². The van der Waals surface area contributed by atoms with E-state index >= 15 is 0 Å². The molecule has 0 fully saturated rings. The van der Waals surface area contributed by atoms with Crippen LogP contribution in [0.3, 0.4) is 0 Å². The average Bonchev–Trinajstić information content (AvgIpc) is 2.66. The van der Waals surface area contributed by atoms with Crippen LogP contribution in [0.15, 0.2) is 40.9 Å². The van der Waals surface area contributed by atoms with Crippen LogP contribution in [0.25, 0.3) is 0 Å². The van der Waals surface area contributed by atoms with Crippen molar-refractivity contribution in [3.63, 3.8) is 0 Å². The van der Waals surface area contributed by atoms with Crippen molar-refractivity contribution < 1.29 is 28.5 Å². The van der Waals surface area contributed by atoms with Gasteiger partial charge in [-0.25, -0.2) is 4.79 Å². The number of methoxy groups -OCH3 is 3. The molecule has 0 bridgehead atoms. The van der Waals surface area contributed by atoms with Crippen LogP contribution in [0.2, 0.25) is 0 Å². The van der Waals surface area contributed by atoms with Crippen LogP contribution in [-0.2, 0) is 4.74 Å². The molecular weight excluding hydrogens is 404 g/mol. The van der Waals surface area contributed by atoms with Crippen LogP contribution in [0.1, 0.15) is 27.6 Å². The second kappa shape index (κ2) is 8.71. The van der Waals surface area contributed by atoms with Gasteiger partial charge in [0.25, 0.3) is 0 Å². The summed E-state index contributed by atoms with van der Waals surface area (Å²) in [5.41, 5.74) is 0.647. The lowest BCUT2D eigenvalue weighted by molar-refractivity contribution is 0.0318. The van der Waals surface area contributed by atoms with Crippen molar-refractivity contribution in [1.82, 2.24) is 0 Å². The van der Waals surface area contributed by atoms with Crippen LogP contribution >= 0.6 is 15.9 Å². The van der Waals surface area contributed by atoms with E-state index < -0.39 is 12.1 Å². The second-order valence-corrected chi connectivity index (χ2v) is 6.25. The Labute approximate surface area is 160 Å². The fraction of sp³-hybridized carbons (Fsp3) is 0.263. The van der Waals surface area contributed by atoms with Gasteiger partial charge in [0.15, 0.2) is 17.6 Å². The first-order chi connectivity index (χ1) is 12.4. The minimum atomic E-state index is -0.942. The Morgan fingerprint density at radius 2 is 1.42 bits per heavy atom. The van der Waals surface area contributed by atoms with Gasteiger partial charge in [0.05, 0.1) is 26.9 Å². The molecule has 26 heavy (non-hydrogen) atoms. The average molecular weight is 423 g/mol. The number of carbonyl (C=O) groups excluding carboxylic acids is 2. The minimum Gasteiger partial charge on any atom is -0.493 e. The molecule has 7 heteroatoms. The lowest BCUT2D eigenvalue weighted by Gasteiger charge is -2.15. The summed E-state index contributed by atoms with van der Waals surface area (Å²) in [4.78, 5) is 24.9. The molecule has 0 saturated heterocycles. The van der Waals surface area contributed by atoms with Gasteiger partial charge in [-0.05, 0) is 31.2 Å². The summed E-state index contributed by atoms with van der Waals surface area (Å²) in [6, 6.07) is 9.77. The number of hydrogen-bond acceptors (Lipinski definition) is 6. The predicted molar refractivity (Wildman–Crippen MR) is 99.4 cm³/mol. The first kappa shape index (κ1) is 19.8. The molecule has 138 valence electrons. The van der Waals surface area contributed by atoms with Crippen molar-refractivity contribution >= 4 is 27.7 Å². The lowest BCUT2D eigenvalue weighted by atomic mass is 10.1. The topological polar surface area (TPSA) is 71.1 Å². The molecule has 0 spiro atoms. The van der Waals surface area contributed by atoms with Crippen molar-refractivity contribution in [1.29, 1.82) is 0 Å². The summed E-state index contributed by atoms with van der Waals surface area (Å²) in [6.07, 6.45) is -0.942. The van der Waals surface area contributed by atoms with E-state index in [9.17, 15) is 9.59 Å². The smallest absolute Gasteiger partial charge is 0.339 e. The van der Waals surface area contributed by atoms with Gasteiger partial charge in [-0.1, -0.05) is 28.1 Å². The number of halogens is 1. The number of esters is 1. The van der Waals surface area contributed by atoms with Crippen molar-refractivity contribution in [2.45, 2.75) is 13.0 Å². The monoisotopic (exact) mass is 422 g/mol. The van der Waals surface area contributed by atoms with Gasteiger partial charge < -0.3 is 18.9 Å². The van der Waals surface area contributed by atoms with Crippen molar-refractivity contribution in [3.8, 4) is 17.2 Å². The summed E-state index contributed by atoms with van der Waals surface area (Å²) in [5.74, 6) is 0.0578. The fourth-order valence-electron chi connectivity index (χ4n) is 2.33. The quantitative estimate of drug-likeness (QED) is 0.497. The van der Waals surface area contributed by atoms with Gasteiger partial charge in [-0.2, -0.15) is 0 Å². The molecule has 0 N–H and O–H groups in total. The molecule has 0 aromatic heterocycles. The molecule has 0 aliphatic rings. The second-order valence-electron chi connectivity index (χ2n) is 5.33. The number of rotatable bonds is 7. The molecule has 2 aromatic carbocycles. The Hall–Kier alpha value is -2.54. The number of Topliss-reactive ketones (excluding diaryl/α,β-unsaturated/α-hetero) is 1. The van der Waals surface area contributed by atoms with Crippen molar-refractivity contribution in [3.05, 3.63) is 52.0 Å². The number of hydrogen-bond donors (Lipinski definition) is 0. The first-order valence-electron chi connectivity index (χ1n) is 7.72. The molecule has 0 aliphatic carbocycles. The summed E-state index contributed by atoms with van der Waals surface area (Å²) in [7, 11) is 4.37. The van der Waals surface area contributed by atoms with Crippen LogP contribution in [-0.4, -0.2) is 39.2 Å². The normalized spacial score (nSPS) is 11.4. The highest BCUT2D eigenvalue weighted by Gasteiger charge is 2.23. The summed E-state index contributed by atoms with van der Waals surface area (Å²) >= 11 is 3.31. The Balaban J connectivity index is 2.21. The molecule has 0 heterocycles. The van der Waals surface area contributed by atoms with Gasteiger partial charge in [-0.15, -0.1) is 0 Å². The zero-order valence-corrected chi connectivity index (χ0v) is 16.5. The number of benzene rings is 2. The van der Waals surface area contributed by atoms with E-state index in [0.29, 0.717) is 22.8 Å². The van der Waals surface area contributed by atoms with Gasteiger partial charge in [0, 0.05) is 10.0 Å². The standard InChI is InChI=1S/C19H19BrO6/c1-11(17(21)12-5-7-14(20)8-6-12)26-19(22)13-9-15(23-2)18(25-4)16(10-13)24-3/h5-11H,1-4H3. The Morgan fingerprint density at radius 1 is 0.885 bits per heavy atom. The van der Waals surface area contributed by atoms with Gasteiger partial charge in [-0.3, -0.25) is 4.79 Å². The molecule has 0 radical (unpaired) electrons. The third-order valence-electron chi connectivity index (χ3n) is 3.68. The van der Waals surface area contributed by atoms with E-state index in [1.165, 1.54) is 40.4 Å². The van der Waals surface area contributed by atoms with Crippen LogP contribution in [0, 0.1) is 0 Å². The third-order valence-corrected chi connectivity index (χ3v) is 4.21. The van der Waals surface area contributed by atoms with Gasteiger partial charge in [0.1, 0.15) is 0 Å². The lowest BCUT2D eigenvalue weighted by Crippen LogP contribution is -2.24. The predicted octanol–water partition coefficient (Wildman–Crippen LogP) is 3.90. The summed E-state index contributed by atoms with van der Waals surface area (Å²) in [5, 5.41) is 0. The van der Waals surface area contributed by atoms with Crippen LogP contribution < -0.4 is 14.2 Å². The van der Waals surface area contributed by atoms with Crippen molar-refractivity contribution in [2.24, 2.45) is 0 Å². The number of carbonyl (C=O) groups is 2. The maximum absolute atomic E-state index is 12.4. The minimum absolute atomic E-state index is 0.190. The van der Waals surface area contributed by atoms with Crippen LogP contribution in [0.4, 0.5) is 0 Å². The molecule has 2 rings (SSSR count). The highest BCUT2D eigenvalue weighted by Crippen LogP contribution is 2.38. The molecule has 0 aliphatic heterocycles. The molecule has 0 amide bonds. The van der Waals surface area contributed by atoms with E-state index in [4.69, 9.17) is 18.9 Å². The molecule has 0 saturated carbocycles. The zero-order valence-electron chi connectivity index (χ0n) is 14.9. The van der Waals surface area contributed by atoms with Crippen LogP contribution in [0.5, 0.6) is 17.2 Å². The summed E-state index contributed by atoms with van der Waals surface area (Å²) in [6.45, 7) is 1.53. The SMILES string of the molecule is COc1cc(C(=O)OC(C)C(=O)c2ccc(Br)cc2)cc(OC)c1OC. The highest BCUT2D eigenvalue weighted by atomic mass is 79.9. The van der Waals surface area contributed by atoms with Crippen molar-refractivity contribution in [2.75, 3.05) is 21.3 Å². The van der Waals surface area contributed by atoms with E-state index in [1.807, 2.05) is 0 Å². The third kappa shape index (κ3) is 4.35. The maximum Gasteiger partial charge on any atom is 0.339 e. The molecular formula is C19H19BrO6. The zero-order chi connectivity index (χ0) is 19.3. The number of ketones is 1. The van der Waals surface area contributed by atoms with E-state index in [0.717, 1.165) is 4.47 Å². The Morgan fingerprint density at radius 3 is 1.88 bits per heavy atom. The Bertz CT molecular complexity index is 775. The fourth-order valence-corrected chi connectivity index (χ4v) is 2.59. The van der Waals surface area contributed by atoms with Gasteiger partial charge in [0.2, 0.25) is 11.5 Å². The maximum atomic E-state index is 12.4. The molecule has 2 aromatic rings. The van der Waals surface area contributed by atoms with E-state index in [1.54, 1.807) is 24.3 Å². The molecule has 1 atom stereocenters. The van der Waals surface area contributed by atoms with E-state index in [2.05, 4.69) is 15.9 Å². The molecule has 6 nitrogen and oxygen atoms in total. The summed E-state index contributed by atoms with van der Waals surface area (Å²) < 4.78 is 21.8. The van der Waals surface area contributed by atoms with Gasteiger partial charge >= 0.3 is 5.97 Å².